The molecule has 0 fully saturated rings. The van der Waals surface area contributed by atoms with Gasteiger partial charge in [0.25, 0.3) is 10.0 Å². The number of pyridine rings is 1. The molecule has 0 atom stereocenters. The van der Waals surface area contributed by atoms with Crippen molar-refractivity contribution in [3.63, 3.8) is 0 Å². The molecule has 0 amide bonds. The van der Waals surface area contributed by atoms with Crippen LogP contribution in [0.5, 0.6) is 0 Å². The van der Waals surface area contributed by atoms with Gasteiger partial charge in [0.15, 0.2) is 5.82 Å². The zero-order valence-corrected chi connectivity index (χ0v) is 17.5. The van der Waals surface area contributed by atoms with E-state index in [-0.39, 0.29) is 4.90 Å². The fourth-order valence-corrected chi connectivity index (χ4v) is 4.82. The molecule has 144 valence electrons. The molecule has 0 radical (unpaired) electrons. The minimum absolute atomic E-state index is 0.232. The Kier molecular flexibility index (Phi) is 4.72. The molecule has 0 aliphatic heterocycles. The summed E-state index contributed by atoms with van der Waals surface area (Å²) in [6.45, 7) is 6.14. The molecule has 3 aromatic heterocycles. The van der Waals surface area contributed by atoms with Crippen LogP contribution in [0.1, 0.15) is 30.9 Å². The zero-order chi connectivity index (χ0) is 19.9. The SMILES string of the molecule is Cc1ccn2c(NS(=O)(=O)c3ccc(C(C)C)cc3)c(-c3cccs3)nc2c1. The Bertz CT molecular complexity index is 1220. The normalized spacial score (nSPS) is 12.0. The maximum absolute atomic E-state index is 13.1. The van der Waals surface area contributed by atoms with E-state index in [1.807, 2.05) is 54.9 Å². The molecule has 1 aromatic carbocycles. The number of rotatable bonds is 5. The molecule has 5 nitrogen and oxygen atoms in total. The van der Waals surface area contributed by atoms with Crippen molar-refractivity contribution in [1.82, 2.24) is 9.38 Å². The molecule has 1 N–H and O–H groups in total. The van der Waals surface area contributed by atoms with Crippen molar-refractivity contribution < 1.29 is 8.42 Å². The van der Waals surface area contributed by atoms with E-state index in [0.717, 1.165) is 16.0 Å². The van der Waals surface area contributed by atoms with Crippen molar-refractivity contribution in [2.75, 3.05) is 4.72 Å². The first kappa shape index (κ1) is 18.7. The number of imidazole rings is 1. The second-order valence-electron chi connectivity index (χ2n) is 7.05. The van der Waals surface area contributed by atoms with Crippen LogP contribution in [0.2, 0.25) is 0 Å². The minimum atomic E-state index is -3.75. The quantitative estimate of drug-likeness (QED) is 0.485. The predicted octanol–water partition coefficient (Wildman–Crippen LogP) is 5.30. The van der Waals surface area contributed by atoms with Gasteiger partial charge in [0.2, 0.25) is 0 Å². The molecular formula is C21H21N3O2S2. The van der Waals surface area contributed by atoms with E-state index < -0.39 is 10.0 Å². The molecule has 0 unspecified atom stereocenters. The van der Waals surface area contributed by atoms with E-state index >= 15 is 0 Å². The Hall–Kier alpha value is -2.64. The lowest BCUT2D eigenvalue weighted by molar-refractivity contribution is 0.601. The lowest BCUT2D eigenvalue weighted by atomic mass is 10.0. The summed E-state index contributed by atoms with van der Waals surface area (Å²) >= 11 is 1.53. The predicted molar refractivity (Wildman–Crippen MR) is 115 cm³/mol. The number of thiophene rings is 1. The van der Waals surface area contributed by atoms with E-state index in [1.165, 1.54) is 11.3 Å². The number of fused-ring (bicyclic) bond motifs is 1. The summed E-state index contributed by atoms with van der Waals surface area (Å²) in [5.74, 6) is 0.794. The van der Waals surface area contributed by atoms with Crippen LogP contribution in [0.3, 0.4) is 0 Å². The molecule has 28 heavy (non-hydrogen) atoms. The maximum Gasteiger partial charge on any atom is 0.263 e. The molecule has 0 saturated carbocycles. The van der Waals surface area contributed by atoms with Gasteiger partial charge in [-0.05, 0) is 59.7 Å². The summed E-state index contributed by atoms with van der Waals surface area (Å²) in [5, 5.41) is 1.95. The largest absolute Gasteiger partial charge is 0.285 e. The molecule has 0 bridgehead atoms. The van der Waals surface area contributed by atoms with Crippen LogP contribution in [0.25, 0.3) is 16.2 Å². The Morgan fingerprint density at radius 1 is 1.11 bits per heavy atom. The van der Waals surface area contributed by atoms with Crippen molar-refractivity contribution in [2.45, 2.75) is 31.6 Å². The molecule has 4 aromatic rings. The summed E-state index contributed by atoms with van der Waals surface area (Å²) < 4.78 is 30.7. The van der Waals surface area contributed by atoms with Crippen LogP contribution in [0, 0.1) is 6.92 Å². The highest BCUT2D eigenvalue weighted by Gasteiger charge is 2.22. The van der Waals surface area contributed by atoms with Gasteiger partial charge < -0.3 is 0 Å². The van der Waals surface area contributed by atoms with E-state index in [0.29, 0.717) is 23.1 Å². The third kappa shape index (κ3) is 3.43. The van der Waals surface area contributed by atoms with Gasteiger partial charge in [-0.15, -0.1) is 11.3 Å². The molecule has 0 saturated heterocycles. The second-order valence-corrected chi connectivity index (χ2v) is 9.68. The van der Waals surface area contributed by atoms with Gasteiger partial charge in [0.1, 0.15) is 11.3 Å². The average Bonchev–Trinajstić information content (AvgIpc) is 3.29. The summed E-state index contributed by atoms with van der Waals surface area (Å²) in [6.07, 6.45) is 1.84. The molecule has 0 spiro atoms. The number of hydrogen-bond acceptors (Lipinski definition) is 4. The fraction of sp³-hybridized carbons (Fsp3) is 0.190. The van der Waals surface area contributed by atoms with Gasteiger partial charge >= 0.3 is 0 Å². The summed E-state index contributed by atoms with van der Waals surface area (Å²) in [4.78, 5) is 5.82. The van der Waals surface area contributed by atoms with Crippen LogP contribution in [0.4, 0.5) is 5.82 Å². The minimum Gasteiger partial charge on any atom is -0.285 e. The van der Waals surface area contributed by atoms with Gasteiger partial charge in [-0.1, -0.05) is 32.0 Å². The fourth-order valence-electron chi connectivity index (χ4n) is 3.05. The van der Waals surface area contributed by atoms with E-state index in [2.05, 4.69) is 23.6 Å². The third-order valence-electron chi connectivity index (χ3n) is 4.62. The van der Waals surface area contributed by atoms with Gasteiger partial charge in [-0.25, -0.2) is 13.4 Å². The monoisotopic (exact) mass is 411 g/mol. The first-order valence-corrected chi connectivity index (χ1v) is 11.4. The summed E-state index contributed by atoms with van der Waals surface area (Å²) in [7, 11) is -3.75. The van der Waals surface area contributed by atoms with Gasteiger partial charge in [0, 0.05) is 6.20 Å². The highest BCUT2D eigenvalue weighted by atomic mass is 32.2. The number of nitrogens with zero attached hydrogens (tertiary/aromatic N) is 2. The molecule has 0 aliphatic rings. The molecule has 4 rings (SSSR count). The lowest BCUT2D eigenvalue weighted by Crippen LogP contribution is -2.15. The number of hydrogen-bond donors (Lipinski definition) is 1. The number of aromatic nitrogens is 2. The van der Waals surface area contributed by atoms with E-state index in [9.17, 15) is 8.42 Å². The van der Waals surface area contributed by atoms with E-state index in [1.54, 1.807) is 16.5 Å². The Balaban J connectivity index is 1.81. The highest BCUT2D eigenvalue weighted by Crippen LogP contribution is 2.33. The lowest BCUT2D eigenvalue weighted by Gasteiger charge is -2.11. The molecular weight excluding hydrogens is 390 g/mol. The third-order valence-corrected chi connectivity index (χ3v) is 6.86. The van der Waals surface area contributed by atoms with Crippen molar-refractivity contribution in [2.24, 2.45) is 0 Å². The molecule has 7 heteroatoms. The van der Waals surface area contributed by atoms with Crippen LogP contribution in [-0.2, 0) is 10.0 Å². The first-order chi connectivity index (χ1) is 13.3. The smallest absolute Gasteiger partial charge is 0.263 e. The molecule has 0 aliphatic carbocycles. The van der Waals surface area contributed by atoms with Crippen molar-refractivity contribution in [3.05, 3.63) is 71.2 Å². The maximum atomic E-state index is 13.1. The number of benzene rings is 1. The highest BCUT2D eigenvalue weighted by molar-refractivity contribution is 7.92. The average molecular weight is 412 g/mol. The number of anilines is 1. The van der Waals surface area contributed by atoms with Crippen LogP contribution >= 0.6 is 11.3 Å². The topological polar surface area (TPSA) is 63.5 Å². The number of nitrogens with one attached hydrogen (secondary N) is 1. The summed E-state index contributed by atoms with van der Waals surface area (Å²) in [6, 6.07) is 14.8. The summed E-state index contributed by atoms with van der Waals surface area (Å²) in [5.41, 5.74) is 3.50. The van der Waals surface area contributed by atoms with Gasteiger partial charge in [-0.3, -0.25) is 9.12 Å². The first-order valence-electron chi connectivity index (χ1n) is 9.00. The molecule has 3 heterocycles. The standard InChI is InChI=1S/C21H21N3O2S2/c1-14(2)16-6-8-17(9-7-16)28(25,26)23-21-20(18-5-4-12-27-18)22-19-13-15(3)10-11-24(19)21/h4-14,23H,1-3H3. The van der Waals surface area contributed by atoms with Crippen molar-refractivity contribution in [1.29, 1.82) is 0 Å². The van der Waals surface area contributed by atoms with Crippen LogP contribution < -0.4 is 4.72 Å². The Morgan fingerprint density at radius 3 is 2.50 bits per heavy atom. The number of sulfonamides is 1. The Morgan fingerprint density at radius 2 is 1.86 bits per heavy atom. The van der Waals surface area contributed by atoms with E-state index in [4.69, 9.17) is 0 Å². The van der Waals surface area contributed by atoms with Crippen LogP contribution in [-0.4, -0.2) is 17.8 Å². The van der Waals surface area contributed by atoms with Crippen LogP contribution in [0.15, 0.2) is 65.0 Å². The van der Waals surface area contributed by atoms with Gasteiger partial charge in [0.05, 0.1) is 9.77 Å². The second kappa shape index (κ2) is 7.07. The van der Waals surface area contributed by atoms with Crippen molar-refractivity contribution >= 4 is 32.8 Å². The zero-order valence-electron chi connectivity index (χ0n) is 15.9. The Labute approximate surface area is 168 Å². The van der Waals surface area contributed by atoms with Gasteiger partial charge in [-0.2, -0.15) is 0 Å². The number of aryl methyl sites for hydroxylation is 1. The van der Waals surface area contributed by atoms with Crippen molar-refractivity contribution in [3.8, 4) is 10.6 Å².